The molecule has 1 amide bonds. The van der Waals surface area contributed by atoms with Crippen molar-refractivity contribution in [3.05, 3.63) is 23.5 Å². The van der Waals surface area contributed by atoms with E-state index in [9.17, 15) is 30.8 Å². The Morgan fingerprint density at radius 3 is 2.33 bits per heavy atom. The van der Waals surface area contributed by atoms with Crippen LogP contribution in [0.2, 0.25) is 0 Å². The molecule has 1 aromatic carbocycles. The van der Waals surface area contributed by atoms with Crippen molar-refractivity contribution in [1.29, 1.82) is 0 Å². The monoisotopic (exact) mass is 367 g/mol. The fourth-order valence-corrected chi connectivity index (χ4v) is 3.82. The number of fused-ring (bicyclic) bond motifs is 2. The van der Waals surface area contributed by atoms with Gasteiger partial charge in [0.2, 0.25) is 5.91 Å². The van der Waals surface area contributed by atoms with Gasteiger partial charge in [0.15, 0.2) is 0 Å². The van der Waals surface area contributed by atoms with Crippen LogP contribution in [0.5, 0.6) is 5.75 Å². The van der Waals surface area contributed by atoms with Gasteiger partial charge in [0.25, 0.3) is 0 Å². The Kier molecular flexibility index (Phi) is 3.78. The highest BCUT2D eigenvalue weighted by molar-refractivity contribution is 7.88. The first-order valence-corrected chi connectivity index (χ1v) is 8.64. The van der Waals surface area contributed by atoms with Crippen molar-refractivity contribution in [2.75, 3.05) is 5.32 Å². The average Bonchev–Trinajstić information content (AvgIpc) is 2.70. The van der Waals surface area contributed by atoms with Crippen molar-refractivity contribution in [3.8, 4) is 5.75 Å². The first-order chi connectivity index (χ1) is 11.1. The fraction of sp³-hybridized carbons (Fsp3) is 0.500. The van der Waals surface area contributed by atoms with E-state index in [1.54, 1.807) is 0 Å². The van der Waals surface area contributed by atoms with E-state index in [1.165, 1.54) is 0 Å². The van der Waals surface area contributed by atoms with Crippen molar-refractivity contribution in [2.45, 2.75) is 43.0 Å². The summed E-state index contributed by atoms with van der Waals surface area (Å²) < 4.78 is 77.6. The molecule has 10 heteroatoms. The number of nitrogens with one attached hydrogen (secondary N) is 1. The number of carbonyl (C=O) groups is 1. The number of halogens is 4. The van der Waals surface area contributed by atoms with Gasteiger partial charge in [-0.1, -0.05) is 19.3 Å². The maximum Gasteiger partial charge on any atom is 0.534 e. The van der Waals surface area contributed by atoms with Crippen LogP contribution in [0.25, 0.3) is 0 Å². The summed E-state index contributed by atoms with van der Waals surface area (Å²) in [5.41, 5.74) is -6.65. The van der Waals surface area contributed by atoms with Crippen LogP contribution in [0.15, 0.2) is 12.1 Å². The minimum atomic E-state index is -5.91. The van der Waals surface area contributed by atoms with Gasteiger partial charge >= 0.3 is 15.6 Å². The molecule has 1 fully saturated rings. The van der Waals surface area contributed by atoms with Crippen LogP contribution in [0.3, 0.4) is 0 Å². The van der Waals surface area contributed by atoms with Crippen LogP contribution in [0, 0.1) is 5.82 Å². The molecule has 0 atom stereocenters. The Morgan fingerprint density at radius 1 is 1.12 bits per heavy atom. The summed E-state index contributed by atoms with van der Waals surface area (Å²) in [4.78, 5) is 12.3. The van der Waals surface area contributed by atoms with Gasteiger partial charge in [-0.05, 0) is 12.8 Å². The number of amides is 1. The number of anilines is 1. The van der Waals surface area contributed by atoms with Crippen molar-refractivity contribution < 1.29 is 35.0 Å². The highest BCUT2D eigenvalue weighted by atomic mass is 32.2. The van der Waals surface area contributed by atoms with Crippen molar-refractivity contribution in [2.24, 2.45) is 0 Å². The molecule has 1 saturated carbocycles. The Morgan fingerprint density at radius 2 is 1.75 bits per heavy atom. The average molecular weight is 367 g/mol. The van der Waals surface area contributed by atoms with E-state index >= 15 is 0 Å². The van der Waals surface area contributed by atoms with E-state index < -0.39 is 38.5 Å². The smallest absolute Gasteiger partial charge is 0.376 e. The van der Waals surface area contributed by atoms with E-state index in [-0.39, 0.29) is 11.3 Å². The van der Waals surface area contributed by atoms with Crippen molar-refractivity contribution in [1.82, 2.24) is 0 Å². The molecule has 1 aliphatic carbocycles. The van der Waals surface area contributed by atoms with Crippen LogP contribution >= 0.6 is 0 Å². The summed E-state index contributed by atoms with van der Waals surface area (Å²) >= 11 is 0. The lowest BCUT2D eigenvalue weighted by Gasteiger charge is -2.31. The molecule has 132 valence electrons. The van der Waals surface area contributed by atoms with Gasteiger partial charge in [-0.15, -0.1) is 0 Å². The summed E-state index contributed by atoms with van der Waals surface area (Å²) in [5, 5.41) is 2.43. The third kappa shape index (κ3) is 2.52. The molecular weight excluding hydrogens is 354 g/mol. The zero-order valence-corrected chi connectivity index (χ0v) is 13.1. The Balaban J connectivity index is 2.02. The standard InChI is InChI=1S/C14H13F4NO4S/c15-9-6-8(23-24(21,22)14(16,17)18)7-10-11(9)13(12(20)19-10)4-2-1-3-5-13/h6-7H,1-5H2,(H,19,20). The summed E-state index contributed by atoms with van der Waals surface area (Å²) in [7, 11) is -5.91. The molecule has 1 heterocycles. The van der Waals surface area contributed by atoms with Crippen molar-refractivity contribution in [3.63, 3.8) is 0 Å². The minimum Gasteiger partial charge on any atom is -0.376 e. The second-order valence-corrected chi connectivity index (χ2v) is 7.45. The Hall–Kier alpha value is -1.84. The van der Waals surface area contributed by atoms with Crippen LogP contribution < -0.4 is 9.50 Å². The maximum atomic E-state index is 14.5. The van der Waals surface area contributed by atoms with E-state index in [0.717, 1.165) is 25.3 Å². The fourth-order valence-electron chi connectivity index (χ4n) is 3.38. The highest BCUT2D eigenvalue weighted by Crippen LogP contribution is 2.49. The number of hydrogen-bond acceptors (Lipinski definition) is 4. The summed E-state index contributed by atoms with van der Waals surface area (Å²) in [6, 6.07) is 1.47. The van der Waals surface area contributed by atoms with E-state index in [1.807, 2.05) is 0 Å². The molecule has 0 aromatic heterocycles. The molecule has 24 heavy (non-hydrogen) atoms. The van der Waals surface area contributed by atoms with Crippen LogP contribution in [0.4, 0.5) is 23.2 Å². The number of alkyl halides is 3. The zero-order valence-electron chi connectivity index (χ0n) is 12.2. The van der Waals surface area contributed by atoms with Gasteiger partial charge in [0, 0.05) is 17.7 Å². The lowest BCUT2D eigenvalue weighted by Crippen LogP contribution is -2.36. The molecule has 0 unspecified atom stereocenters. The third-order valence-electron chi connectivity index (χ3n) is 4.42. The van der Waals surface area contributed by atoms with Crippen molar-refractivity contribution >= 4 is 21.7 Å². The summed E-state index contributed by atoms with van der Waals surface area (Å²) in [6.07, 6.45) is 3.24. The van der Waals surface area contributed by atoms with E-state index in [2.05, 4.69) is 9.50 Å². The topological polar surface area (TPSA) is 72.5 Å². The molecule has 1 aromatic rings. The largest absolute Gasteiger partial charge is 0.534 e. The van der Waals surface area contributed by atoms with E-state index in [0.29, 0.717) is 18.9 Å². The molecule has 0 radical (unpaired) electrons. The number of carbonyl (C=O) groups excluding carboxylic acids is 1. The number of hydrogen-bond donors (Lipinski definition) is 1. The summed E-state index contributed by atoms with van der Waals surface area (Å²) in [6.45, 7) is 0. The zero-order chi connectivity index (χ0) is 17.8. The number of benzene rings is 1. The molecule has 1 aliphatic heterocycles. The molecule has 0 bridgehead atoms. The maximum absolute atomic E-state index is 14.5. The van der Waals surface area contributed by atoms with E-state index in [4.69, 9.17) is 0 Å². The molecular formula is C14H13F4NO4S. The normalized spacial score (nSPS) is 19.9. The SMILES string of the molecule is O=C1Nc2cc(OS(=O)(=O)C(F)(F)F)cc(F)c2C12CCCCC2. The molecule has 0 saturated heterocycles. The van der Waals surface area contributed by atoms with Gasteiger partial charge in [0.05, 0.1) is 11.1 Å². The quantitative estimate of drug-likeness (QED) is 0.495. The van der Waals surface area contributed by atoms with Gasteiger partial charge in [0.1, 0.15) is 11.6 Å². The lowest BCUT2D eigenvalue weighted by atomic mass is 9.70. The van der Waals surface area contributed by atoms with Crippen LogP contribution in [0.1, 0.15) is 37.7 Å². The van der Waals surface area contributed by atoms with Gasteiger partial charge < -0.3 is 9.50 Å². The Bertz CT molecular complexity index is 798. The van der Waals surface area contributed by atoms with Gasteiger partial charge in [-0.25, -0.2) is 4.39 Å². The second kappa shape index (κ2) is 5.33. The first-order valence-electron chi connectivity index (χ1n) is 7.23. The van der Waals surface area contributed by atoms with Gasteiger partial charge in [-0.2, -0.15) is 21.6 Å². The molecule has 1 spiro atoms. The predicted octanol–water partition coefficient (Wildman–Crippen LogP) is 3.21. The molecule has 2 aliphatic rings. The van der Waals surface area contributed by atoms with Crippen LogP contribution in [-0.2, 0) is 20.3 Å². The second-order valence-electron chi connectivity index (χ2n) is 5.91. The van der Waals surface area contributed by atoms with Gasteiger partial charge in [-0.3, -0.25) is 4.79 Å². The Labute approximate surface area is 135 Å². The summed E-state index contributed by atoms with van der Waals surface area (Å²) in [5.74, 6) is -2.22. The lowest BCUT2D eigenvalue weighted by molar-refractivity contribution is -0.122. The highest BCUT2D eigenvalue weighted by Gasteiger charge is 2.51. The molecule has 3 rings (SSSR count). The molecule has 5 nitrogen and oxygen atoms in total. The number of rotatable bonds is 2. The molecule has 1 N–H and O–H groups in total. The van der Waals surface area contributed by atoms with Crippen LogP contribution in [-0.4, -0.2) is 19.8 Å². The predicted molar refractivity (Wildman–Crippen MR) is 75.4 cm³/mol. The first kappa shape index (κ1) is 17.0. The minimum absolute atomic E-state index is 0.0470. The third-order valence-corrected chi connectivity index (χ3v) is 5.40.